The largest absolute Gasteiger partial charge is 0.411 e. The van der Waals surface area contributed by atoms with Gasteiger partial charge in [0.25, 0.3) is 0 Å². The van der Waals surface area contributed by atoms with E-state index >= 15 is 0 Å². The van der Waals surface area contributed by atoms with Gasteiger partial charge in [-0.3, -0.25) is 0 Å². The summed E-state index contributed by atoms with van der Waals surface area (Å²) >= 11 is 0. The van der Waals surface area contributed by atoms with Crippen LogP contribution in [0, 0.1) is 11.3 Å². The molecular formula is C23H21NO. The molecule has 0 saturated carbocycles. The molecule has 25 heavy (non-hydrogen) atoms. The summed E-state index contributed by atoms with van der Waals surface area (Å²) in [5, 5.41) is 12.5. The molecule has 1 N–H and O–H groups in total. The topological polar surface area (TPSA) is 32.6 Å². The van der Waals surface area contributed by atoms with E-state index < -0.39 is 0 Å². The van der Waals surface area contributed by atoms with Gasteiger partial charge in [-0.1, -0.05) is 91.9 Å². The van der Waals surface area contributed by atoms with Gasteiger partial charge in [-0.2, -0.15) is 0 Å². The Morgan fingerprint density at radius 2 is 1.76 bits per heavy atom. The predicted molar refractivity (Wildman–Crippen MR) is 104 cm³/mol. The first kappa shape index (κ1) is 15.6. The summed E-state index contributed by atoms with van der Waals surface area (Å²) < 4.78 is 0. The van der Waals surface area contributed by atoms with Crippen molar-refractivity contribution >= 4 is 17.9 Å². The van der Waals surface area contributed by atoms with Gasteiger partial charge in [-0.15, -0.1) is 5.16 Å². The highest BCUT2D eigenvalue weighted by molar-refractivity contribution is 5.92. The Morgan fingerprint density at radius 3 is 2.56 bits per heavy atom. The molecule has 0 bridgehead atoms. The van der Waals surface area contributed by atoms with Gasteiger partial charge in [0.05, 0.1) is 6.21 Å². The van der Waals surface area contributed by atoms with Crippen LogP contribution < -0.4 is 0 Å². The predicted octanol–water partition coefficient (Wildman–Crippen LogP) is 5.53. The second-order valence-electron chi connectivity index (χ2n) is 6.93. The van der Waals surface area contributed by atoms with Gasteiger partial charge < -0.3 is 5.21 Å². The minimum absolute atomic E-state index is 0.0331. The molecule has 0 spiro atoms. The second kappa shape index (κ2) is 6.21. The van der Waals surface area contributed by atoms with E-state index in [1.165, 1.54) is 22.3 Å². The zero-order chi connectivity index (χ0) is 17.3. The van der Waals surface area contributed by atoms with Crippen LogP contribution in [0.2, 0.25) is 0 Å². The minimum Gasteiger partial charge on any atom is -0.411 e. The quantitative estimate of drug-likeness (QED) is 0.448. The van der Waals surface area contributed by atoms with Crippen LogP contribution in [0.15, 0.2) is 84.1 Å². The van der Waals surface area contributed by atoms with E-state index in [1.54, 1.807) is 6.21 Å². The number of fused-ring (bicyclic) bond motifs is 1. The molecule has 2 aromatic carbocycles. The van der Waals surface area contributed by atoms with Crippen LogP contribution in [0.3, 0.4) is 0 Å². The molecule has 2 aliphatic rings. The van der Waals surface area contributed by atoms with Crippen molar-refractivity contribution in [3.8, 4) is 0 Å². The van der Waals surface area contributed by atoms with Crippen LogP contribution in [-0.4, -0.2) is 11.4 Å². The van der Waals surface area contributed by atoms with E-state index in [2.05, 4.69) is 84.9 Å². The highest BCUT2D eigenvalue weighted by atomic mass is 16.4. The van der Waals surface area contributed by atoms with Crippen molar-refractivity contribution < 1.29 is 5.21 Å². The van der Waals surface area contributed by atoms with Crippen LogP contribution in [0.4, 0.5) is 0 Å². The number of hydrogen-bond acceptors (Lipinski definition) is 2. The van der Waals surface area contributed by atoms with E-state index in [0.717, 1.165) is 0 Å². The van der Waals surface area contributed by atoms with E-state index in [1.807, 2.05) is 12.1 Å². The molecule has 0 amide bonds. The Balaban J connectivity index is 1.89. The molecule has 0 saturated heterocycles. The monoisotopic (exact) mass is 327 g/mol. The van der Waals surface area contributed by atoms with E-state index in [9.17, 15) is 0 Å². The molecule has 4 rings (SSSR count). The van der Waals surface area contributed by atoms with E-state index in [4.69, 9.17) is 5.21 Å². The summed E-state index contributed by atoms with van der Waals surface area (Å²) in [6.45, 7) is 2.25. The van der Waals surface area contributed by atoms with Crippen LogP contribution >= 0.6 is 0 Å². The number of rotatable bonds is 3. The van der Waals surface area contributed by atoms with Crippen molar-refractivity contribution in [2.24, 2.45) is 16.5 Å². The average molecular weight is 327 g/mol. The van der Waals surface area contributed by atoms with Crippen molar-refractivity contribution in [1.29, 1.82) is 0 Å². The first-order chi connectivity index (χ1) is 12.2. The molecule has 2 aromatic rings. The van der Waals surface area contributed by atoms with Gasteiger partial charge in [0.1, 0.15) is 0 Å². The Bertz CT molecular complexity index is 891. The number of oxime groups is 1. The second-order valence-corrected chi connectivity index (χ2v) is 6.93. The zero-order valence-corrected chi connectivity index (χ0v) is 14.2. The lowest BCUT2D eigenvalue weighted by Crippen LogP contribution is -2.33. The average Bonchev–Trinajstić information content (AvgIpc) is 3.05. The van der Waals surface area contributed by atoms with Gasteiger partial charge in [-0.25, -0.2) is 0 Å². The Kier molecular flexibility index (Phi) is 3.89. The maximum absolute atomic E-state index is 9.17. The molecule has 3 unspecified atom stereocenters. The van der Waals surface area contributed by atoms with Crippen LogP contribution in [-0.2, 0) is 0 Å². The van der Waals surface area contributed by atoms with Gasteiger partial charge >= 0.3 is 0 Å². The fourth-order valence-electron chi connectivity index (χ4n) is 4.21. The van der Waals surface area contributed by atoms with E-state index in [-0.39, 0.29) is 17.3 Å². The van der Waals surface area contributed by atoms with Crippen molar-refractivity contribution in [2.45, 2.75) is 12.8 Å². The summed E-state index contributed by atoms with van der Waals surface area (Å²) in [5.74, 6) is 0.237. The number of hydrogen-bond donors (Lipinski definition) is 1. The Morgan fingerprint density at radius 1 is 1.00 bits per heavy atom. The third kappa shape index (κ3) is 2.54. The number of benzene rings is 2. The molecule has 124 valence electrons. The van der Waals surface area contributed by atoms with Crippen molar-refractivity contribution in [3.05, 3.63) is 95.6 Å². The molecule has 0 fully saturated rings. The zero-order valence-electron chi connectivity index (χ0n) is 14.2. The summed E-state index contributed by atoms with van der Waals surface area (Å²) in [7, 11) is 0. The SMILES string of the molecule is CC1(C2C(c3ccccc3)=Cc3ccccc32)C=CC=CC1/C=N/O. The lowest BCUT2D eigenvalue weighted by Gasteiger charge is -2.40. The maximum atomic E-state index is 9.17. The fourth-order valence-corrected chi connectivity index (χ4v) is 4.21. The molecule has 0 radical (unpaired) electrons. The summed E-state index contributed by atoms with van der Waals surface area (Å²) in [6.07, 6.45) is 12.4. The molecule has 2 nitrogen and oxygen atoms in total. The van der Waals surface area contributed by atoms with Crippen molar-refractivity contribution in [2.75, 3.05) is 0 Å². The summed E-state index contributed by atoms with van der Waals surface area (Å²) in [4.78, 5) is 0. The van der Waals surface area contributed by atoms with Crippen molar-refractivity contribution in [1.82, 2.24) is 0 Å². The van der Waals surface area contributed by atoms with Crippen molar-refractivity contribution in [3.63, 3.8) is 0 Å². The third-order valence-electron chi connectivity index (χ3n) is 5.49. The number of allylic oxidation sites excluding steroid dienone is 5. The smallest absolute Gasteiger partial charge is 0.0513 e. The molecule has 2 heteroatoms. The molecule has 0 heterocycles. The van der Waals surface area contributed by atoms with Crippen LogP contribution in [0.25, 0.3) is 11.6 Å². The Labute approximate surface area is 148 Å². The van der Waals surface area contributed by atoms with Gasteiger partial charge in [0.2, 0.25) is 0 Å². The molecule has 2 aliphatic carbocycles. The molecule has 3 atom stereocenters. The highest BCUT2D eigenvalue weighted by Gasteiger charge is 2.44. The highest BCUT2D eigenvalue weighted by Crippen LogP contribution is 2.55. The van der Waals surface area contributed by atoms with Crippen LogP contribution in [0.5, 0.6) is 0 Å². The minimum atomic E-state index is -0.199. The third-order valence-corrected chi connectivity index (χ3v) is 5.49. The van der Waals surface area contributed by atoms with Crippen LogP contribution in [0.1, 0.15) is 29.5 Å². The maximum Gasteiger partial charge on any atom is 0.0513 e. The molecular weight excluding hydrogens is 306 g/mol. The Hall–Kier alpha value is -2.87. The molecule has 0 aromatic heterocycles. The summed E-state index contributed by atoms with van der Waals surface area (Å²) in [6, 6.07) is 19.2. The normalized spacial score (nSPS) is 27.5. The van der Waals surface area contributed by atoms with Gasteiger partial charge in [0, 0.05) is 17.3 Å². The standard InChI is InChI=1S/C23H21NO/c1-23(14-8-7-12-19(23)16-24-25)22-20-13-6-5-11-18(20)15-21(22)17-9-3-2-4-10-17/h2-16,19,22,25H,1H3/b24-16+. The first-order valence-corrected chi connectivity index (χ1v) is 8.63. The fraction of sp³-hybridized carbons (Fsp3) is 0.174. The van der Waals surface area contributed by atoms with Gasteiger partial charge in [0.15, 0.2) is 0 Å². The van der Waals surface area contributed by atoms with Gasteiger partial charge in [-0.05, 0) is 22.3 Å². The molecule has 0 aliphatic heterocycles. The number of nitrogens with zero attached hydrogens (tertiary/aromatic N) is 1. The first-order valence-electron chi connectivity index (χ1n) is 8.63. The summed E-state index contributed by atoms with van der Waals surface area (Å²) in [5.41, 5.74) is 4.97. The van der Waals surface area contributed by atoms with E-state index in [0.29, 0.717) is 0 Å². The lowest BCUT2D eigenvalue weighted by atomic mass is 9.62. The lowest BCUT2D eigenvalue weighted by molar-refractivity contribution is 0.302.